The molecular formula is C17H26N2O. The molecule has 110 valence electrons. The van der Waals surface area contributed by atoms with Crippen LogP contribution in [0.3, 0.4) is 0 Å². The minimum atomic E-state index is -0.664. The van der Waals surface area contributed by atoms with Crippen LogP contribution in [-0.4, -0.2) is 43.2 Å². The minimum absolute atomic E-state index is 0.530. The third kappa shape index (κ3) is 2.23. The van der Waals surface area contributed by atoms with Crippen LogP contribution in [0.1, 0.15) is 37.7 Å². The summed E-state index contributed by atoms with van der Waals surface area (Å²) in [5.74, 6) is 0. The summed E-state index contributed by atoms with van der Waals surface area (Å²) in [5.41, 5.74) is 1.59. The molecule has 2 heterocycles. The van der Waals surface area contributed by atoms with Crippen molar-refractivity contribution in [3.05, 3.63) is 29.8 Å². The lowest BCUT2D eigenvalue weighted by atomic mass is 9.72. The third-order valence-electron chi connectivity index (χ3n) is 5.26. The van der Waals surface area contributed by atoms with E-state index in [9.17, 15) is 5.11 Å². The Bertz CT molecular complexity index is 472. The zero-order valence-corrected chi connectivity index (χ0v) is 12.8. The van der Waals surface area contributed by atoms with Crippen LogP contribution in [0.15, 0.2) is 24.3 Å². The predicted octanol–water partition coefficient (Wildman–Crippen LogP) is 2.59. The first-order chi connectivity index (χ1) is 9.51. The smallest absolute Gasteiger partial charge is 0.0946 e. The van der Waals surface area contributed by atoms with Gasteiger partial charge in [-0.25, -0.2) is 0 Å². The SMILES string of the molecule is CN(C)c1ccccc1C1(O)CC2CCCC(C1)N2C. The van der Waals surface area contributed by atoms with Crippen LogP contribution in [0.2, 0.25) is 0 Å². The molecule has 0 saturated carbocycles. The molecule has 0 spiro atoms. The fourth-order valence-corrected chi connectivity index (χ4v) is 4.13. The van der Waals surface area contributed by atoms with Gasteiger partial charge in [0.05, 0.1) is 5.60 Å². The summed E-state index contributed by atoms with van der Waals surface area (Å²) in [5, 5.41) is 11.3. The summed E-state index contributed by atoms with van der Waals surface area (Å²) < 4.78 is 0. The second-order valence-corrected chi connectivity index (χ2v) is 6.76. The Morgan fingerprint density at radius 2 is 1.75 bits per heavy atom. The van der Waals surface area contributed by atoms with E-state index in [-0.39, 0.29) is 0 Å². The van der Waals surface area contributed by atoms with E-state index in [0.29, 0.717) is 12.1 Å². The van der Waals surface area contributed by atoms with Gasteiger partial charge < -0.3 is 14.9 Å². The van der Waals surface area contributed by atoms with Crippen molar-refractivity contribution in [3.63, 3.8) is 0 Å². The van der Waals surface area contributed by atoms with Crippen LogP contribution >= 0.6 is 0 Å². The molecule has 2 unspecified atom stereocenters. The lowest BCUT2D eigenvalue weighted by Crippen LogP contribution is -2.55. The van der Waals surface area contributed by atoms with E-state index < -0.39 is 5.60 Å². The molecule has 2 saturated heterocycles. The molecule has 2 aliphatic rings. The zero-order valence-electron chi connectivity index (χ0n) is 12.8. The maximum absolute atomic E-state index is 11.3. The Balaban J connectivity index is 1.97. The van der Waals surface area contributed by atoms with Gasteiger partial charge in [0, 0.05) is 37.4 Å². The van der Waals surface area contributed by atoms with E-state index in [1.54, 1.807) is 0 Å². The van der Waals surface area contributed by atoms with Crippen molar-refractivity contribution < 1.29 is 5.11 Å². The third-order valence-corrected chi connectivity index (χ3v) is 5.26. The van der Waals surface area contributed by atoms with Crippen molar-refractivity contribution in [2.75, 3.05) is 26.0 Å². The highest BCUT2D eigenvalue weighted by atomic mass is 16.3. The van der Waals surface area contributed by atoms with Gasteiger partial charge in [0.15, 0.2) is 0 Å². The highest BCUT2D eigenvalue weighted by molar-refractivity contribution is 5.55. The van der Waals surface area contributed by atoms with E-state index >= 15 is 0 Å². The van der Waals surface area contributed by atoms with Gasteiger partial charge in [-0.1, -0.05) is 24.6 Å². The second-order valence-electron chi connectivity index (χ2n) is 6.76. The van der Waals surface area contributed by atoms with Crippen LogP contribution in [0.4, 0.5) is 5.69 Å². The monoisotopic (exact) mass is 274 g/mol. The number of fused-ring (bicyclic) bond motifs is 2. The molecule has 1 N–H and O–H groups in total. The summed E-state index contributed by atoms with van der Waals surface area (Å²) in [7, 11) is 6.34. The molecule has 2 bridgehead atoms. The van der Waals surface area contributed by atoms with E-state index in [2.05, 4.69) is 55.2 Å². The summed E-state index contributed by atoms with van der Waals surface area (Å²) in [4.78, 5) is 4.61. The highest BCUT2D eigenvalue weighted by Crippen LogP contribution is 2.45. The molecule has 2 aliphatic heterocycles. The Morgan fingerprint density at radius 1 is 1.15 bits per heavy atom. The van der Waals surface area contributed by atoms with Gasteiger partial charge in [-0.15, -0.1) is 0 Å². The van der Waals surface area contributed by atoms with Crippen molar-refractivity contribution in [1.82, 2.24) is 4.90 Å². The van der Waals surface area contributed by atoms with Crippen LogP contribution in [0, 0.1) is 0 Å². The van der Waals surface area contributed by atoms with Gasteiger partial charge >= 0.3 is 0 Å². The molecule has 0 aliphatic carbocycles. The molecule has 0 amide bonds. The number of aliphatic hydroxyl groups is 1. The average Bonchev–Trinajstić information content (AvgIpc) is 2.41. The Morgan fingerprint density at radius 3 is 2.35 bits per heavy atom. The Labute approximate surface area is 122 Å². The van der Waals surface area contributed by atoms with Crippen molar-refractivity contribution in [1.29, 1.82) is 0 Å². The molecule has 0 aromatic heterocycles. The number of piperidine rings is 2. The lowest BCUT2D eigenvalue weighted by Gasteiger charge is -2.51. The summed E-state index contributed by atoms with van der Waals surface area (Å²) >= 11 is 0. The van der Waals surface area contributed by atoms with Gasteiger partial charge in [0.25, 0.3) is 0 Å². The van der Waals surface area contributed by atoms with Gasteiger partial charge in [-0.2, -0.15) is 0 Å². The Kier molecular flexibility index (Phi) is 3.51. The van der Waals surface area contributed by atoms with Gasteiger partial charge in [-0.05, 0) is 38.8 Å². The fourth-order valence-electron chi connectivity index (χ4n) is 4.13. The largest absolute Gasteiger partial charge is 0.385 e. The van der Waals surface area contributed by atoms with Gasteiger partial charge in [0.1, 0.15) is 0 Å². The molecule has 0 radical (unpaired) electrons. The highest BCUT2D eigenvalue weighted by Gasteiger charge is 2.45. The lowest BCUT2D eigenvalue weighted by molar-refractivity contribution is -0.0871. The van der Waals surface area contributed by atoms with Crippen molar-refractivity contribution in [2.45, 2.75) is 49.8 Å². The van der Waals surface area contributed by atoms with E-state index in [4.69, 9.17) is 0 Å². The van der Waals surface area contributed by atoms with Crippen LogP contribution < -0.4 is 4.90 Å². The van der Waals surface area contributed by atoms with E-state index in [1.807, 2.05) is 0 Å². The first-order valence-electron chi connectivity index (χ1n) is 7.72. The number of hydrogen-bond donors (Lipinski definition) is 1. The van der Waals surface area contributed by atoms with Crippen molar-refractivity contribution in [3.8, 4) is 0 Å². The normalized spacial score (nSPS) is 34.0. The first-order valence-corrected chi connectivity index (χ1v) is 7.72. The van der Waals surface area contributed by atoms with Gasteiger partial charge in [-0.3, -0.25) is 0 Å². The van der Waals surface area contributed by atoms with Crippen LogP contribution in [0.5, 0.6) is 0 Å². The number of hydrogen-bond acceptors (Lipinski definition) is 3. The molecular weight excluding hydrogens is 248 g/mol. The van der Waals surface area contributed by atoms with Crippen molar-refractivity contribution in [2.24, 2.45) is 0 Å². The molecule has 2 atom stereocenters. The number of para-hydroxylation sites is 1. The maximum atomic E-state index is 11.3. The molecule has 2 fully saturated rings. The van der Waals surface area contributed by atoms with Crippen LogP contribution in [-0.2, 0) is 5.60 Å². The average molecular weight is 274 g/mol. The molecule has 3 nitrogen and oxygen atoms in total. The molecule has 1 aromatic rings. The Hall–Kier alpha value is -1.06. The fraction of sp³-hybridized carbons (Fsp3) is 0.647. The first kappa shape index (κ1) is 13.9. The van der Waals surface area contributed by atoms with E-state index in [0.717, 1.165) is 24.1 Å². The van der Waals surface area contributed by atoms with Gasteiger partial charge in [0.2, 0.25) is 0 Å². The van der Waals surface area contributed by atoms with Crippen LogP contribution in [0.25, 0.3) is 0 Å². The molecule has 1 aromatic carbocycles. The number of benzene rings is 1. The molecule has 20 heavy (non-hydrogen) atoms. The van der Waals surface area contributed by atoms with E-state index in [1.165, 1.54) is 19.3 Å². The summed E-state index contributed by atoms with van der Waals surface area (Å²) in [6, 6.07) is 9.38. The second kappa shape index (κ2) is 5.05. The summed E-state index contributed by atoms with van der Waals surface area (Å²) in [6.45, 7) is 0. The predicted molar refractivity (Wildman–Crippen MR) is 83.1 cm³/mol. The number of nitrogens with zero attached hydrogens (tertiary/aromatic N) is 2. The number of anilines is 1. The standard InChI is InChI=1S/C17H26N2O/c1-18(2)16-10-5-4-9-15(16)17(20)11-13-7-6-8-14(12-17)19(13)3/h4-5,9-10,13-14,20H,6-8,11-12H2,1-3H3. The zero-order chi connectivity index (χ0) is 14.3. The summed E-state index contributed by atoms with van der Waals surface area (Å²) in [6.07, 6.45) is 5.49. The quantitative estimate of drug-likeness (QED) is 0.898. The number of rotatable bonds is 2. The van der Waals surface area contributed by atoms with Crippen molar-refractivity contribution >= 4 is 5.69 Å². The minimum Gasteiger partial charge on any atom is -0.385 e. The molecule has 3 heteroatoms. The topological polar surface area (TPSA) is 26.7 Å². The maximum Gasteiger partial charge on any atom is 0.0946 e. The molecule has 3 rings (SSSR count).